The van der Waals surface area contributed by atoms with E-state index in [1.165, 1.54) is 16.3 Å². The van der Waals surface area contributed by atoms with Gasteiger partial charge in [0.15, 0.2) is 0 Å². The number of nitrogens with one attached hydrogen (secondary N) is 2. The number of amides is 1. The van der Waals surface area contributed by atoms with Gasteiger partial charge in [-0.05, 0) is 42.5 Å². The maximum absolute atomic E-state index is 13.7. The van der Waals surface area contributed by atoms with Crippen molar-refractivity contribution in [2.24, 2.45) is 5.92 Å². The minimum atomic E-state index is -4.66. The summed E-state index contributed by atoms with van der Waals surface area (Å²) in [6, 6.07) is 5.10. The Balaban J connectivity index is 1.56. The number of sulfonamides is 1. The SMILES string of the molecule is CN(CC1CCCN(S(C)(=O)=O)C1)c1nc(Nc2ccc3c(c2)CC(=O)N3)ncc1C(F)(F)F. The molecule has 3 heterocycles. The lowest BCUT2D eigenvalue weighted by Gasteiger charge is -2.34. The molecule has 0 saturated carbocycles. The van der Waals surface area contributed by atoms with Gasteiger partial charge in [-0.1, -0.05) is 0 Å². The molecule has 9 nitrogen and oxygen atoms in total. The van der Waals surface area contributed by atoms with E-state index in [1.807, 2.05) is 0 Å². The fraction of sp³-hybridized carbons (Fsp3) is 0.476. The van der Waals surface area contributed by atoms with Crippen LogP contribution in [0.4, 0.5) is 36.3 Å². The molecule has 0 bridgehead atoms. The molecule has 2 aromatic rings. The van der Waals surface area contributed by atoms with Gasteiger partial charge in [0.05, 0.1) is 12.7 Å². The minimum Gasteiger partial charge on any atom is -0.359 e. The van der Waals surface area contributed by atoms with Crippen molar-refractivity contribution < 1.29 is 26.4 Å². The molecule has 184 valence electrons. The Labute approximate surface area is 195 Å². The van der Waals surface area contributed by atoms with Crippen LogP contribution in [0.3, 0.4) is 0 Å². The first-order chi connectivity index (χ1) is 15.9. The first kappa shape index (κ1) is 24.2. The smallest absolute Gasteiger partial charge is 0.359 e. The normalized spacial score (nSPS) is 19.0. The van der Waals surface area contributed by atoms with Gasteiger partial charge in [-0.15, -0.1) is 0 Å². The Morgan fingerprint density at radius 1 is 1.32 bits per heavy atom. The van der Waals surface area contributed by atoms with E-state index in [1.54, 1.807) is 18.2 Å². The van der Waals surface area contributed by atoms with Crippen molar-refractivity contribution in [2.45, 2.75) is 25.4 Å². The maximum Gasteiger partial charge on any atom is 0.421 e. The zero-order chi connectivity index (χ0) is 24.7. The average Bonchev–Trinajstić information content (AvgIpc) is 3.12. The number of carbonyl (C=O) groups is 1. The van der Waals surface area contributed by atoms with E-state index in [2.05, 4.69) is 20.6 Å². The Kier molecular flexibility index (Phi) is 6.42. The van der Waals surface area contributed by atoms with Crippen LogP contribution in [0.25, 0.3) is 0 Å². The second-order valence-electron chi connectivity index (χ2n) is 8.66. The van der Waals surface area contributed by atoms with Crippen LogP contribution >= 0.6 is 0 Å². The van der Waals surface area contributed by atoms with Gasteiger partial charge < -0.3 is 15.5 Å². The highest BCUT2D eigenvalue weighted by molar-refractivity contribution is 7.88. The molecule has 1 aromatic heterocycles. The maximum atomic E-state index is 13.7. The second kappa shape index (κ2) is 9.02. The van der Waals surface area contributed by atoms with Gasteiger partial charge in [-0.2, -0.15) is 18.2 Å². The summed E-state index contributed by atoms with van der Waals surface area (Å²) in [5.41, 5.74) is 1.03. The first-order valence-corrected chi connectivity index (χ1v) is 12.6. The second-order valence-corrected chi connectivity index (χ2v) is 10.6. The molecular formula is C21H25F3N6O3S. The number of hydrogen-bond acceptors (Lipinski definition) is 7. The van der Waals surface area contributed by atoms with Crippen molar-refractivity contribution in [1.82, 2.24) is 14.3 Å². The van der Waals surface area contributed by atoms with Crippen LogP contribution in [0, 0.1) is 5.92 Å². The number of benzene rings is 1. The number of alkyl halides is 3. The van der Waals surface area contributed by atoms with Crippen LogP contribution < -0.4 is 15.5 Å². The zero-order valence-electron chi connectivity index (χ0n) is 18.7. The number of nitrogens with zero attached hydrogens (tertiary/aromatic N) is 4. The summed E-state index contributed by atoms with van der Waals surface area (Å²) in [6.07, 6.45) is -1.22. The van der Waals surface area contributed by atoms with Crippen LogP contribution in [-0.4, -0.2) is 61.5 Å². The van der Waals surface area contributed by atoms with E-state index in [0.29, 0.717) is 30.8 Å². The van der Waals surface area contributed by atoms with Crippen LogP contribution in [0.15, 0.2) is 24.4 Å². The topological polar surface area (TPSA) is 108 Å². The van der Waals surface area contributed by atoms with E-state index in [9.17, 15) is 26.4 Å². The van der Waals surface area contributed by atoms with Crippen LogP contribution in [-0.2, 0) is 27.4 Å². The molecule has 0 aliphatic carbocycles. The predicted octanol–water partition coefficient (Wildman–Crippen LogP) is 2.84. The number of hydrogen-bond donors (Lipinski definition) is 2. The highest BCUT2D eigenvalue weighted by Crippen LogP contribution is 2.36. The number of carbonyl (C=O) groups excluding carboxylic acids is 1. The standard InChI is InChI=1S/C21H25F3N6O3S/c1-29(11-13-4-3-7-30(12-13)34(2,32)33)19-16(21(22,23)24)10-25-20(28-19)26-15-5-6-17-14(8-15)9-18(31)27-17/h5-6,8,10,13H,3-4,7,9,11-12H2,1-2H3,(H,27,31)(H,25,26,28). The lowest BCUT2D eigenvalue weighted by molar-refractivity contribution is -0.137. The summed E-state index contributed by atoms with van der Waals surface area (Å²) in [6.45, 7) is 0.872. The highest BCUT2D eigenvalue weighted by atomic mass is 32.2. The molecule has 1 atom stereocenters. The van der Waals surface area contributed by atoms with E-state index >= 15 is 0 Å². The third-order valence-corrected chi connectivity index (χ3v) is 7.17. The van der Waals surface area contributed by atoms with E-state index in [0.717, 1.165) is 18.0 Å². The number of fused-ring (bicyclic) bond motifs is 1. The van der Waals surface area contributed by atoms with Gasteiger partial charge in [-0.25, -0.2) is 17.7 Å². The van der Waals surface area contributed by atoms with Gasteiger partial charge in [0, 0.05) is 44.3 Å². The molecule has 1 unspecified atom stereocenters. The highest BCUT2D eigenvalue weighted by Gasteiger charge is 2.37. The van der Waals surface area contributed by atoms with Crippen LogP contribution in [0.5, 0.6) is 0 Å². The molecule has 1 amide bonds. The molecule has 1 aromatic carbocycles. The van der Waals surface area contributed by atoms with Gasteiger partial charge in [0.25, 0.3) is 0 Å². The third-order valence-electron chi connectivity index (χ3n) is 5.90. The summed E-state index contributed by atoms with van der Waals surface area (Å²) in [5.74, 6) is -0.574. The lowest BCUT2D eigenvalue weighted by Crippen LogP contribution is -2.43. The molecule has 2 aliphatic rings. The largest absolute Gasteiger partial charge is 0.421 e. The molecule has 1 saturated heterocycles. The third kappa shape index (κ3) is 5.41. The van der Waals surface area contributed by atoms with E-state index in [-0.39, 0.29) is 43.1 Å². The van der Waals surface area contributed by atoms with Gasteiger partial charge in [0.1, 0.15) is 11.4 Å². The first-order valence-electron chi connectivity index (χ1n) is 10.7. The summed E-state index contributed by atoms with van der Waals surface area (Å²) in [4.78, 5) is 20.9. The molecule has 13 heteroatoms. The quantitative estimate of drug-likeness (QED) is 0.631. The monoisotopic (exact) mass is 498 g/mol. The average molecular weight is 499 g/mol. The summed E-state index contributed by atoms with van der Waals surface area (Å²) >= 11 is 0. The molecule has 1 fully saturated rings. The Hall–Kier alpha value is -2.93. The molecule has 2 N–H and O–H groups in total. The van der Waals surface area contributed by atoms with Crippen molar-refractivity contribution >= 4 is 39.1 Å². The number of rotatable bonds is 6. The van der Waals surface area contributed by atoms with Crippen molar-refractivity contribution in [3.63, 3.8) is 0 Å². The molecular weight excluding hydrogens is 473 g/mol. The number of halogens is 3. The van der Waals surface area contributed by atoms with E-state index in [4.69, 9.17) is 0 Å². The molecule has 4 rings (SSSR count). The Bertz CT molecular complexity index is 1200. The van der Waals surface area contributed by atoms with Gasteiger partial charge in [-0.3, -0.25) is 4.79 Å². The van der Waals surface area contributed by atoms with Crippen molar-refractivity contribution in [1.29, 1.82) is 0 Å². The summed E-state index contributed by atoms with van der Waals surface area (Å²) in [7, 11) is -1.86. The zero-order valence-corrected chi connectivity index (χ0v) is 19.5. The van der Waals surface area contributed by atoms with Crippen LogP contribution in [0.2, 0.25) is 0 Å². The van der Waals surface area contributed by atoms with Gasteiger partial charge in [0.2, 0.25) is 21.9 Å². The van der Waals surface area contributed by atoms with E-state index < -0.39 is 21.8 Å². The molecule has 2 aliphatic heterocycles. The molecule has 34 heavy (non-hydrogen) atoms. The minimum absolute atomic E-state index is 0.0199. The summed E-state index contributed by atoms with van der Waals surface area (Å²) in [5, 5.41) is 5.63. The Morgan fingerprint density at radius 3 is 2.79 bits per heavy atom. The van der Waals surface area contributed by atoms with Crippen molar-refractivity contribution in [2.75, 3.05) is 48.5 Å². The molecule has 0 spiro atoms. The van der Waals surface area contributed by atoms with Crippen molar-refractivity contribution in [3.8, 4) is 0 Å². The van der Waals surface area contributed by atoms with Crippen LogP contribution in [0.1, 0.15) is 24.0 Å². The number of anilines is 4. The predicted molar refractivity (Wildman–Crippen MR) is 122 cm³/mol. The molecule has 0 radical (unpaired) electrons. The Morgan fingerprint density at radius 2 is 2.09 bits per heavy atom. The number of aromatic nitrogens is 2. The fourth-order valence-electron chi connectivity index (χ4n) is 4.31. The van der Waals surface area contributed by atoms with Crippen molar-refractivity contribution in [3.05, 3.63) is 35.5 Å². The van der Waals surface area contributed by atoms with Gasteiger partial charge >= 0.3 is 6.18 Å². The summed E-state index contributed by atoms with van der Waals surface area (Å²) < 4.78 is 66.2. The number of piperidine rings is 1. The fourth-order valence-corrected chi connectivity index (χ4v) is 5.25. The lowest BCUT2D eigenvalue weighted by atomic mass is 9.99.